The van der Waals surface area contributed by atoms with Crippen LogP contribution in [0.5, 0.6) is 5.75 Å². The Balaban J connectivity index is 1.61. The molecular formula is C23H29NO4. The SMILES string of the molecule is CC(C)[C@H](Cc1cccc(OCc2ccccc2)c1)C[C@H](NC(=O)O)[C@@H]1CO1. The van der Waals surface area contributed by atoms with Crippen LogP contribution in [0.2, 0.25) is 0 Å². The van der Waals surface area contributed by atoms with E-state index in [1.165, 1.54) is 5.56 Å². The maximum Gasteiger partial charge on any atom is 0.404 e. The first kappa shape index (κ1) is 20.2. The third-order valence-corrected chi connectivity index (χ3v) is 5.26. The molecule has 3 rings (SSSR count). The van der Waals surface area contributed by atoms with Crippen molar-refractivity contribution in [1.82, 2.24) is 5.32 Å². The smallest absolute Gasteiger partial charge is 0.404 e. The van der Waals surface area contributed by atoms with Gasteiger partial charge in [-0.2, -0.15) is 0 Å². The van der Waals surface area contributed by atoms with E-state index < -0.39 is 6.09 Å². The molecule has 2 aromatic rings. The number of nitrogens with one attached hydrogen (secondary N) is 1. The largest absolute Gasteiger partial charge is 0.489 e. The van der Waals surface area contributed by atoms with Crippen molar-refractivity contribution in [3.63, 3.8) is 0 Å². The number of hydrogen-bond acceptors (Lipinski definition) is 3. The summed E-state index contributed by atoms with van der Waals surface area (Å²) in [6.45, 7) is 5.55. The molecular weight excluding hydrogens is 354 g/mol. The van der Waals surface area contributed by atoms with Crippen LogP contribution in [-0.4, -0.2) is 30.0 Å². The molecule has 0 spiro atoms. The Bertz CT molecular complexity index is 758. The Kier molecular flexibility index (Phi) is 6.93. The number of rotatable bonds is 10. The molecule has 0 aromatic heterocycles. The number of epoxide rings is 1. The number of amides is 1. The average Bonchev–Trinajstić information content (AvgIpc) is 3.51. The van der Waals surface area contributed by atoms with Gasteiger partial charge in [0.15, 0.2) is 0 Å². The van der Waals surface area contributed by atoms with E-state index in [2.05, 4.69) is 31.3 Å². The van der Waals surface area contributed by atoms with Crippen molar-refractivity contribution in [1.29, 1.82) is 0 Å². The van der Waals surface area contributed by atoms with Gasteiger partial charge in [0.05, 0.1) is 12.6 Å². The molecule has 28 heavy (non-hydrogen) atoms. The Morgan fingerprint density at radius 1 is 1.18 bits per heavy atom. The Morgan fingerprint density at radius 2 is 1.89 bits per heavy atom. The highest BCUT2D eigenvalue weighted by molar-refractivity contribution is 5.65. The molecule has 0 aliphatic carbocycles. The van der Waals surface area contributed by atoms with Gasteiger partial charge in [0.1, 0.15) is 18.5 Å². The van der Waals surface area contributed by atoms with Crippen molar-refractivity contribution >= 4 is 6.09 Å². The lowest BCUT2D eigenvalue weighted by Crippen LogP contribution is -2.40. The van der Waals surface area contributed by atoms with Gasteiger partial charge in [0.25, 0.3) is 0 Å². The summed E-state index contributed by atoms with van der Waals surface area (Å²) in [5, 5.41) is 11.7. The summed E-state index contributed by atoms with van der Waals surface area (Å²) in [6.07, 6.45) is 0.672. The molecule has 1 amide bonds. The molecule has 0 unspecified atom stereocenters. The third kappa shape index (κ3) is 6.27. The van der Waals surface area contributed by atoms with E-state index in [1.54, 1.807) is 0 Å². The maximum atomic E-state index is 11.1. The predicted octanol–water partition coefficient (Wildman–Crippen LogP) is 4.51. The number of ether oxygens (including phenoxy) is 2. The second kappa shape index (κ2) is 9.60. The van der Waals surface area contributed by atoms with Crippen LogP contribution < -0.4 is 10.1 Å². The van der Waals surface area contributed by atoms with Gasteiger partial charge in [0.2, 0.25) is 0 Å². The minimum atomic E-state index is -0.987. The van der Waals surface area contributed by atoms with Gasteiger partial charge in [-0.25, -0.2) is 4.79 Å². The maximum absolute atomic E-state index is 11.1. The van der Waals surface area contributed by atoms with E-state index in [4.69, 9.17) is 14.6 Å². The molecule has 2 aromatic carbocycles. The summed E-state index contributed by atoms with van der Waals surface area (Å²) in [5.41, 5.74) is 2.34. The Hall–Kier alpha value is -2.53. The van der Waals surface area contributed by atoms with Crippen molar-refractivity contribution in [2.24, 2.45) is 11.8 Å². The second-order valence-corrected chi connectivity index (χ2v) is 7.79. The number of hydrogen-bond donors (Lipinski definition) is 2. The average molecular weight is 383 g/mol. The summed E-state index contributed by atoms with van der Waals surface area (Å²) in [5.74, 6) is 1.64. The fraction of sp³-hybridized carbons (Fsp3) is 0.435. The summed E-state index contributed by atoms with van der Waals surface area (Å²) < 4.78 is 11.3. The summed E-state index contributed by atoms with van der Waals surface area (Å²) in [7, 11) is 0. The van der Waals surface area contributed by atoms with Crippen LogP contribution in [-0.2, 0) is 17.8 Å². The Labute approximate surface area is 166 Å². The molecule has 1 saturated heterocycles. The molecule has 1 heterocycles. The van der Waals surface area contributed by atoms with E-state index >= 15 is 0 Å². The summed E-state index contributed by atoms with van der Waals surface area (Å²) >= 11 is 0. The lowest BCUT2D eigenvalue weighted by Gasteiger charge is -2.26. The summed E-state index contributed by atoms with van der Waals surface area (Å²) in [6, 6.07) is 18.2. The lowest BCUT2D eigenvalue weighted by atomic mass is 9.83. The lowest BCUT2D eigenvalue weighted by molar-refractivity contribution is 0.179. The standard InChI is InChI=1S/C23H29NO4/c1-16(2)19(13-21(22-15-28-22)24-23(25)26)11-18-9-6-10-20(12-18)27-14-17-7-4-3-5-8-17/h3-10,12,16,19,21-22,24H,11,13-15H2,1-2H3,(H,25,26)/t19-,21+,22+/m1/s1. The van der Waals surface area contributed by atoms with E-state index in [0.717, 1.165) is 24.2 Å². The second-order valence-electron chi connectivity index (χ2n) is 7.79. The normalized spacial score (nSPS) is 17.8. The Morgan fingerprint density at radius 3 is 2.54 bits per heavy atom. The number of carboxylic acid groups (broad SMARTS) is 1. The van der Waals surface area contributed by atoms with Gasteiger partial charge >= 0.3 is 6.09 Å². The fourth-order valence-electron chi connectivity index (χ4n) is 3.47. The fourth-order valence-corrected chi connectivity index (χ4v) is 3.47. The van der Waals surface area contributed by atoms with Crippen LogP contribution in [0.4, 0.5) is 4.79 Å². The van der Waals surface area contributed by atoms with Gasteiger partial charge in [0, 0.05) is 0 Å². The topological polar surface area (TPSA) is 71.1 Å². The summed E-state index contributed by atoms with van der Waals surface area (Å²) in [4.78, 5) is 11.1. The minimum absolute atomic E-state index is 0.0119. The minimum Gasteiger partial charge on any atom is -0.489 e. The molecule has 0 radical (unpaired) electrons. The molecule has 0 saturated carbocycles. The number of carbonyl (C=O) groups is 1. The van der Waals surface area contributed by atoms with Crippen molar-refractivity contribution in [2.75, 3.05) is 6.61 Å². The van der Waals surface area contributed by atoms with Crippen molar-refractivity contribution in [3.05, 3.63) is 65.7 Å². The van der Waals surface area contributed by atoms with Crippen molar-refractivity contribution in [3.8, 4) is 5.75 Å². The van der Waals surface area contributed by atoms with Crippen LogP contribution in [0.1, 0.15) is 31.4 Å². The molecule has 1 aliphatic heterocycles. The first-order chi connectivity index (χ1) is 13.5. The molecule has 5 heteroatoms. The van der Waals surface area contributed by atoms with E-state index in [1.807, 2.05) is 42.5 Å². The first-order valence-electron chi connectivity index (χ1n) is 9.88. The highest BCUT2D eigenvalue weighted by Gasteiger charge is 2.36. The van der Waals surface area contributed by atoms with Crippen LogP contribution in [0.15, 0.2) is 54.6 Å². The third-order valence-electron chi connectivity index (χ3n) is 5.26. The highest BCUT2D eigenvalue weighted by Crippen LogP contribution is 2.28. The van der Waals surface area contributed by atoms with E-state index in [-0.39, 0.29) is 12.1 Å². The number of benzene rings is 2. The molecule has 3 atom stereocenters. The molecule has 5 nitrogen and oxygen atoms in total. The molecule has 1 aliphatic rings. The predicted molar refractivity (Wildman–Crippen MR) is 109 cm³/mol. The van der Waals surface area contributed by atoms with Crippen molar-refractivity contribution < 1.29 is 19.4 Å². The monoisotopic (exact) mass is 383 g/mol. The quantitative estimate of drug-likeness (QED) is 0.593. The zero-order chi connectivity index (χ0) is 19.9. The van der Waals surface area contributed by atoms with Crippen LogP contribution in [0.3, 0.4) is 0 Å². The van der Waals surface area contributed by atoms with Gasteiger partial charge in [-0.15, -0.1) is 0 Å². The highest BCUT2D eigenvalue weighted by atomic mass is 16.6. The van der Waals surface area contributed by atoms with Gasteiger partial charge < -0.3 is 19.9 Å². The van der Waals surface area contributed by atoms with Gasteiger partial charge in [-0.3, -0.25) is 0 Å². The molecule has 1 fully saturated rings. The van der Waals surface area contributed by atoms with Gasteiger partial charge in [-0.05, 0) is 47.9 Å². The van der Waals surface area contributed by atoms with E-state index in [9.17, 15) is 4.79 Å². The first-order valence-corrected chi connectivity index (χ1v) is 9.88. The van der Waals surface area contributed by atoms with Crippen LogP contribution in [0.25, 0.3) is 0 Å². The van der Waals surface area contributed by atoms with Gasteiger partial charge in [-0.1, -0.05) is 56.3 Å². The molecule has 2 N–H and O–H groups in total. The molecule has 150 valence electrons. The van der Waals surface area contributed by atoms with E-state index in [0.29, 0.717) is 25.0 Å². The van der Waals surface area contributed by atoms with Crippen LogP contribution in [0, 0.1) is 11.8 Å². The zero-order valence-corrected chi connectivity index (χ0v) is 16.5. The van der Waals surface area contributed by atoms with Crippen LogP contribution >= 0.6 is 0 Å². The molecule has 0 bridgehead atoms. The zero-order valence-electron chi connectivity index (χ0n) is 16.5. The van der Waals surface area contributed by atoms with Crippen molar-refractivity contribution in [2.45, 2.75) is 45.4 Å².